The quantitative estimate of drug-likeness (QED) is 0.784. The molecule has 0 fully saturated rings. The van der Waals surface area contributed by atoms with Crippen LogP contribution in [0.3, 0.4) is 0 Å². The van der Waals surface area contributed by atoms with Gasteiger partial charge in [0.1, 0.15) is 0 Å². The van der Waals surface area contributed by atoms with Gasteiger partial charge in [-0.3, -0.25) is 4.79 Å². The Bertz CT molecular complexity index is 538. The Balaban J connectivity index is 2.51. The number of amides is 1. The smallest absolute Gasteiger partial charge is 0.221 e. The number of benzene rings is 1. The molecule has 1 atom stereocenters. The van der Waals surface area contributed by atoms with Crippen molar-refractivity contribution in [2.45, 2.75) is 31.2 Å². The normalized spacial score (nSPS) is 12.9. The van der Waals surface area contributed by atoms with E-state index in [-0.39, 0.29) is 29.0 Å². The topological polar surface area (TPSA) is 75.3 Å². The molecule has 2 N–H and O–H groups in total. The van der Waals surface area contributed by atoms with Crippen LogP contribution in [0.25, 0.3) is 0 Å². The number of hydrogen-bond acceptors (Lipinski definition) is 4. The largest absolute Gasteiger partial charge is 0.355 e. The lowest BCUT2D eigenvalue weighted by Crippen LogP contribution is -2.37. The molecule has 0 aliphatic rings. The second kappa shape index (κ2) is 7.40. The van der Waals surface area contributed by atoms with E-state index in [1.165, 1.54) is 0 Å². The monoisotopic (exact) mass is 298 g/mol. The fraction of sp³-hybridized carbons (Fsp3) is 0.500. The highest BCUT2D eigenvalue weighted by molar-refractivity contribution is 7.91. The summed E-state index contributed by atoms with van der Waals surface area (Å²) >= 11 is 0. The summed E-state index contributed by atoms with van der Waals surface area (Å²) in [7, 11) is -1.59. The molecule has 0 bridgehead atoms. The van der Waals surface area contributed by atoms with Crippen LogP contribution in [0.5, 0.6) is 0 Å². The van der Waals surface area contributed by atoms with Crippen LogP contribution < -0.4 is 10.6 Å². The molecule has 0 saturated carbocycles. The van der Waals surface area contributed by atoms with Crippen LogP contribution in [0.2, 0.25) is 0 Å². The SMILES string of the molecule is CNC(C)CNC(=O)CCS(=O)(=O)c1ccc(C)cc1. The van der Waals surface area contributed by atoms with Crippen LogP contribution >= 0.6 is 0 Å². The summed E-state index contributed by atoms with van der Waals surface area (Å²) in [6, 6.07) is 6.81. The average Bonchev–Trinajstić information content (AvgIpc) is 2.43. The fourth-order valence-electron chi connectivity index (χ4n) is 1.55. The van der Waals surface area contributed by atoms with Gasteiger partial charge in [0.25, 0.3) is 0 Å². The number of sulfone groups is 1. The van der Waals surface area contributed by atoms with Crippen molar-refractivity contribution in [1.29, 1.82) is 0 Å². The molecule has 0 heterocycles. The van der Waals surface area contributed by atoms with Gasteiger partial charge in [0.15, 0.2) is 9.84 Å². The van der Waals surface area contributed by atoms with E-state index in [9.17, 15) is 13.2 Å². The first-order chi connectivity index (χ1) is 9.35. The van der Waals surface area contributed by atoms with Crippen molar-refractivity contribution in [3.63, 3.8) is 0 Å². The van der Waals surface area contributed by atoms with Crippen molar-refractivity contribution in [3.05, 3.63) is 29.8 Å². The molecule has 5 nitrogen and oxygen atoms in total. The van der Waals surface area contributed by atoms with Crippen molar-refractivity contribution in [1.82, 2.24) is 10.6 Å². The minimum Gasteiger partial charge on any atom is -0.355 e. The third-order valence-electron chi connectivity index (χ3n) is 3.08. The number of carbonyl (C=O) groups is 1. The zero-order valence-electron chi connectivity index (χ0n) is 12.1. The molecule has 0 aliphatic carbocycles. The predicted octanol–water partition coefficient (Wildman–Crippen LogP) is 0.883. The molecule has 20 heavy (non-hydrogen) atoms. The first kappa shape index (κ1) is 16.7. The summed E-state index contributed by atoms with van der Waals surface area (Å²) < 4.78 is 24.1. The maximum atomic E-state index is 12.0. The third-order valence-corrected chi connectivity index (χ3v) is 4.81. The van der Waals surface area contributed by atoms with Crippen molar-refractivity contribution >= 4 is 15.7 Å². The standard InChI is InChI=1S/C14H22N2O3S/c1-11-4-6-13(7-5-11)20(18,19)9-8-14(17)16-10-12(2)15-3/h4-7,12,15H,8-10H2,1-3H3,(H,16,17). The first-order valence-electron chi connectivity index (χ1n) is 6.58. The summed E-state index contributed by atoms with van der Waals surface area (Å²) in [6.07, 6.45) is -0.0212. The van der Waals surface area contributed by atoms with E-state index >= 15 is 0 Å². The zero-order valence-corrected chi connectivity index (χ0v) is 13.0. The molecule has 0 spiro atoms. The van der Waals surface area contributed by atoms with E-state index in [4.69, 9.17) is 0 Å². The van der Waals surface area contributed by atoms with Crippen LogP contribution in [0.4, 0.5) is 0 Å². The van der Waals surface area contributed by atoms with E-state index in [2.05, 4.69) is 10.6 Å². The van der Waals surface area contributed by atoms with E-state index in [0.717, 1.165) is 5.56 Å². The Morgan fingerprint density at radius 3 is 2.40 bits per heavy atom. The summed E-state index contributed by atoms with van der Waals surface area (Å²) in [4.78, 5) is 11.9. The van der Waals surface area contributed by atoms with E-state index in [1.54, 1.807) is 31.3 Å². The van der Waals surface area contributed by atoms with Gasteiger partial charge in [-0.1, -0.05) is 17.7 Å². The van der Waals surface area contributed by atoms with Gasteiger partial charge >= 0.3 is 0 Å². The number of likely N-dealkylation sites (N-methyl/N-ethyl adjacent to an activating group) is 1. The number of aryl methyl sites for hydroxylation is 1. The highest BCUT2D eigenvalue weighted by Gasteiger charge is 2.16. The van der Waals surface area contributed by atoms with E-state index in [0.29, 0.717) is 6.54 Å². The maximum absolute atomic E-state index is 12.0. The lowest BCUT2D eigenvalue weighted by atomic mass is 10.2. The molecule has 1 aromatic rings. The molecule has 112 valence electrons. The van der Waals surface area contributed by atoms with Crippen LogP contribution in [0, 0.1) is 6.92 Å². The van der Waals surface area contributed by atoms with Gasteiger partial charge in [-0.15, -0.1) is 0 Å². The van der Waals surface area contributed by atoms with Gasteiger partial charge in [-0.25, -0.2) is 8.42 Å². The highest BCUT2D eigenvalue weighted by atomic mass is 32.2. The van der Waals surface area contributed by atoms with Gasteiger partial charge in [0, 0.05) is 19.0 Å². The molecule has 0 saturated heterocycles. The number of rotatable bonds is 7. The predicted molar refractivity (Wildman–Crippen MR) is 79.4 cm³/mol. The van der Waals surface area contributed by atoms with Crippen LogP contribution in [-0.4, -0.2) is 39.7 Å². The number of carbonyl (C=O) groups excluding carboxylic acids is 1. The van der Waals surface area contributed by atoms with E-state index in [1.807, 2.05) is 13.8 Å². The summed E-state index contributed by atoms with van der Waals surface area (Å²) in [5, 5.41) is 5.69. The van der Waals surface area contributed by atoms with Crippen molar-refractivity contribution < 1.29 is 13.2 Å². The summed E-state index contributed by atoms with van der Waals surface area (Å²) in [6.45, 7) is 4.32. The first-order valence-corrected chi connectivity index (χ1v) is 8.24. The number of hydrogen-bond donors (Lipinski definition) is 2. The minimum absolute atomic E-state index is 0.0212. The lowest BCUT2D eigenvalue weighted by molar-refractivity contribution is -0.120. The van der Waals surface area contributed by atoms with Crippen LogP contribution in [0.15, 0.2) is 29.2 Å². The average molecular weight is 298 g/mol. The van der Waals surface area contributed by atoms with Crippen LogP contribution in [0.1, 0.15) is 18.9 Å². The summed E-state index contributed by atoms with van der Waals surface area (Å²) in [5.41, 5.74) is 1.00. The molecule has 1 unspecified atom stereocenters. The molecule has 6 heteroatoms. The van der Waals surface area contributed by atoms with Crippen LogP contribution in [-0.2, 0) is 14.6 Å². The second-order valence-electron chi connectivity index (χ2n) is 4.88. The molecular formula is C14H22N2O3S. The zero-order chi connectivity index (χ0) is 15.2. The summed E-state index contributed by atoms with van der Waals surface area (Å²) in [5.74, 6) is -0.418. The third kappa shape index (κ3) is 5.30. The molecule has 1 amide bonds. The Morgan fingerprint density at radius 1 is 1.25 bits per heavy atom. The van der Waals surface area contributed by atoms with E-state index < -0.39 is 9.84 Å². The molecule has 0 aromatic heterocycles. The second-order valence-corrected chi connectivity index (χ2v) is 6.98. The van der Waals surface area contributed by atoms with Crippen molar-refractivity contribution in [2.75, 3.05) is 19.3 Å². The lowest BCUT2D eigenvalue weighted by Gasteiger charge is -2.11. The van der Waals surface area contributed by atoms with Gasteiger partial charge < -0.3 is 10.6 Å². The molecule has 0 aliphatic heterocycles. The van der Waals surface area contributed by atoms with Crippen molar-refractivity contribution in [3.8, 4) is 0 Å². The van der Waals surface area contributed by atoms with Crippen molar-refractivity contribution in [2.24, 2.45) is 0 Å². The Labute approximate surface area is 120 Å². The van der Waals surface area contributed by atoms with Gasteiger partial charge in [0.05, 0.1) is 10.6 Å². The fourth-order valence-corrected chi connectivity index (χ4v) is 2.79. The Morgan fingerprint density at radius 2 is 1.85 bits per heavy atom. The highest BCUT2D eigenvalue weighted by Crippen LogP contribution is 2.12. The Kier molecular flexibility index (Phi) is 6.16. The minimum atomic E-state index is -3.39. The van der Waals surface area contributed by atoms with Gasteiger partial charge in [-0.05, 0) is 33.0 Å². The molecule has 1 aromatic carbocycles. The Hall–Kier alpha value is -1.40. The van der Waals surface area contributed by atoms with Gasteiger partial charge in [-0.2, -0.15) is 0 Å². The van der Waals surface area contributed by atoms with Gasteiger partial charge in [0.2, 0.25) is 5.91 Å². The number of nitrogens with one attached hydrogen (secondary N) is 2. The molecule has 1 rings (SSSR count). The maximum Gasteiger partial charge on any atom is 0.221 e. The molecular weight excluding hydrogens is 276 g/mol. The molecule has 0 radical (unpaired) electrons.